The number of ketones is 1. The Bertz CT molecular complexity index is 913. The van der Waals surface area contributed by atoms with Crippen molar-refractivity contribution < 1.29 is 14.3 Å². The standard InChI is InChI=1S/C19H22N4O3/c1-19(2)8-13-16(14(24)9-19)17(23-18(22-13)20-10-21-23)12-6-5-11(25-3)7-15(12)26-4/h5-7,10,17H,8-9H2,1-4H3,(H,20,21,22)/t17-/m1/s1. The van der Waals surface area contributed by atoms with Crippen molar-refractivity contribution in [3.8, 4) is 11.5 Å². The second-order valence-corrected chi connectivity index (χ2v) is 7.50. The first-order valence-electron chi connectivity index (χ1n) is 8.58. The molecule has 1 N–H and O–H groups in total. The monoisotopic (exact) mass is 354 g/mol. The first kappa shape index (κ1) is 16.6. The van der Waals surface area contributed by atoms with Gasteiger partial charge >= 0.3 is 0 Å². The third-order valence-electron chi connectivity index (χ3n) is 5.01. The van der Waals surface area contributed by atoms with Crippen molar-refractivity contribution in [2.24, 2.45) is 5.41 Å². The Labute approximate surface area is 152 Å². The molecular formula is C19H22N4O3. The summed E-state index contributed by atoms with van der Waals surface area (Å²) >= 11 is 0. The first-order valence-corrected chi connectivity index (χ1v) is 8.58. The smallest absolute Gasteiger partial charge is 0.226 e. The van der Waals surface area contributed by atoms with Crippen LogP contribution in [0.5, 0.6) is 11.5 Å². The van der Waals surface area contributed by atoms with E-state index in [1.165, 1.54) is 6.33 Å². The van der Waals surface area contributed by atoms with E-state index >= 15 is 0 Å². The number of hydrogen-bond acceptors (Lipinski definition) is 6. The highest BCUT2D eigenvalue weighted by Crippen LogP contribution is 2.47. The number of fused-ring (bicyclic) bond motifs is 1. The number of rotatable bonds is 3. The zero-order valence-corrected chi connectivity index (χ0v) is 15.4. The lowest BCUT2D eigenvalue weighted by molar-refractivity contribution is -0.118. The van der Waals surface area contributed by atoms with E-state index in [2.05, 4.69) is 29.2 Å². The summed E-state index contributed by atoms with van der Waals surface area (Å²) in [6.07, 6.45) is 2.79. The molecule has 0 radical (unpaired) electrons. The minimum Gasteiger partial charge on any atom is -0.497 e. The van der Waals surface area contributed by atoms with E-state index < -0.39 is 0 Å². The van der Waals surface area contributed by atoms with Crippen LogP contribution >= 0.6 is 0 Å². The van der Waals surface area contributed by atoms with Gasteiger partial charge in [0.2, 0.25) is 5.95 Å². The fourth-order valence-corrected chi connectivity index (χ4v) is 3.88. The maximum atomic E-state index is 13.1. The Hall–Kier alpha value is -2.83. The minimum atomic E-state index is -0.367. The number of anilines is 1. The molecule has 26 heavy (non-hydrogen) atoms. The molecule has 0 bridgehead atoms. The lowest BCUT2D eigenvalue weighted by atomic mass is 9.73. The summed E-state index contributed by atoms with van der Waals surface area (Å²) in [4.78, 5) is 17.4. The van der Waals surface area contributed by atoms with E-state index in [1.807, 2.05) is 18.2 Å². The average molecular weight is 354 g/mol. The average Bonchev–Trinajstić information content (AvgIpc) is 3.06. The van der Waals surface area contributed by atoms with E-state index in [1.54, 1.807) is 18.9 Å². The first-order chi connectivity index (χ1) is 12.4. The number of benzene rings is 1. The molecule has 0 spiro atoms. The molecule has 1 aliphatic heterocycles. The van der Waals surface area contributed by atoms with E-state index in [4.69, 9.17) is 9.47 Å². The number of nitrogens with zero attached hydrogens (tertiary/aromatic N) is 3. The molecule has 1 atom stereocenters. The second-order valence-electron chi connectivity index (χ2n) is 7.50. The van der Waals surface area contributed by atoms with Crippen molar-refractivity contribution >= 4 is 11.7 Å². The Morgan fingerprint density at radius 2 is 2.04 bits per heavy atom. The SMILES string of the molecule is COc1ccc([C@@H]2C3=C(CC(C)(C)CC3=O)Nc3ncnn32)c(OC)c1. The Morgan fingerprint density at radius 1 is 1.23 bits per heavy atom. The Kier molecular flexibility index (Phi) is 3.75. The number of carbonyl (C=O) groups is 1. The number of methoxy groups -OCH3 is 2. The van der Waals surface area contributed by atoms with Crippen LogP contribution in [-0.4, -0.2) is 34.8 Å². The molecule has 1 aromatic heterocycles. The summed E-state index contributed by atoms with van der Waals surface area (Å²) in [5.41, 5.74) is 2.45. The summed E-state index contributed by atoms with van der Waals surface area (Å²) in [6.45, 7) is 4.22. The van der Waals surface area contributed by atoms with Crippen LogP contribution in [0.2, 0.25) is 0 Å². The topological polar surface area (TPSA) is 78.3 Å². The van der Waals surface area contributed by atoms with Gasteiger partial charge in [-0.1, -0.05) is 13.8 Å². The normalized spacial score (nSPS) is 20.9. The largest absolute Gasteiger partial charge is 0.497 e. The number of allylic oxidation sites excluding steroid dienone is 2. The summed E-state index contributed by atoms with van der Waals surface area (Å²) < 4.78 is 12.6. The molecule has 0 saturated heterocycles. The molecule has 7 heteroatoms. The molecule has 4 rings (SSSR count). The van der Waals surface area contributed by atoms with Crippen LogP contribution in [-0.2, 0) is 4.79 Å². The van der Waals surface area contributed by atoms with Gasteiger partial charge < -0.3 is 14.8 Å². The van der Waals surface area contributed by atoms with E-state index in [-0.39, 0.29) is 17.2 Å². The maximum absolute atomic E-state index is 13.1. The summed E-state index contributed by atoms with van der Waals surface area (Å²) in [7, 11) is 3.23. The van der Waals surface area contributed by atoms with Crippen molar-refractivity contribution in [2.45, 2.75) is 32.7 Å². The van der Waals surface area contributed by atoms with Crippen molar-refractivity contribution in [3.05, 3.63) is 41.4 Å². The summed E-state index contributed by atoms with van der Waals surface area (Å²) in [6, 6.07) is 5.25. The zero-order chi connectivity index (χ0) is 18.5. The number of hydrogen-bond donors (Lipinski definition) is 1. The van der Waals surface area contributed by atoms with Gasteiger partial charge in [-0.2, -0.15) is 10.1 Å². The second kappa shape index (κ2) is 5.86. The van der Waals surface area contributed by atoms with Crippen LogP contribution in [0.15, 0.2) is 35.8 Å². The predicted molar refractivity (Wildman–Crippen MR) is 96.4 cm³/mol. The van der Waals surface area contributed by atoms with Gasteiger partial charge in [0.25, 0.3) is 0 Å². The molecule has 2 aromatic rings. The quantitative estimate of drug-likeness (QED) is 0.913. The third kappa shape index (κ3) is 2.55. The van der Waals surface area contributed by atoms with Crippen LogP contribution in [0.3, 0.4) is 0 Å². The number of ether oxygens (including phenoxy) is 2. The van der Waals surface area contributed by atoms with Crippen molar-refractivity contribution in [1.29, 1.82) is 0 Å². The van der Waals surface area contributed by atoms with Gasteiger partial charge in [-0.3, -0.25) is 4.79 Å². The van der Waals surface area contributed by atoms with Crippen LogP contribution in [0.1, 0.15) is 38.3 Å². The number of nitrogens with one attached hydrogen (secondary N) is 1. The van der Waals surface area contributed by atoms with E-state index in [0.717, 1.165) is 23.3 Å². The predicted octanol–water partition coefficient (Wildman–Crippen LogP) is 2.95. The van der Waals surface area contributed by atoms with E-state index in [9.17, 15) is 4.79 Å². The van der Waals surface area contributed by atoms with Crippen LogP contribution < -0.4 is 14.8 Å². The van der Waals surface area contributed by atoms with Crippen molar-refractivity contribution in [3.63, 3.8) is 0 Å². The molecule has 0 saturated carbocycles. The molecule has 1 aromatic carbocycles. The highest BCUT2D eigenvalue weighted by molar-refractivity contribution is 6.00. The van der Waals surface area contributed by atoms with Crippen LogP contribution in [0.25, 0.3) is 0 Å². The van der Waals surface area contributed by atoms with Gasteiger partial charge in [-0.05, 0) is 24.0 Å². The maximum Gasteiger partial charge on any atom is 0.226 e. The lowest BCUT2D eigenvalue weighted by Gasteiger charge is -2.38. The molecule has 0 fully saturated rings. The Morgan fingerprint density at radius 3 is 2.77 bits per heavy atom. The number of aromatic nitrogens is 3. The lowest BCUT2D eigenvalue weighted by Crippen LogP contribution is -2.36. The number of Topliss-reactive ketones (excluding diaryl/α,β-unsaturated/α-hetero) is 1. The third-order valence-corrected chi connectivity index (χ3v) is 5.01. The number of carbonyl (C=O) groups excluding carboxylic acids is 1. The fourth-order valence-electron chi connectivity index (χ4n) is 3.88. The molecule has 0 unspecified atom stereocenters. The fraction of sp³-hybridized carbons (Fsp3) is 0.421. The Balaban J connectivity index is 1.92. The minimum absolute atomic E-state index is 0.0837. The van der Waals surface area contributed by atoms with Gasteiger partial charge in [-0.25, -0.2) is 4.68 Å². The van der Waals surface area contributed by atoms with Gasteiger partial charge in [0.1, 0.15) is 23.9 Å². The highest BCUT2D eigenvalue weighted by Gasteiger charge is 2.42. The van der Waals surface area contributed by atoms with E-state index in [0.29, 0.717) is 23.9 Å². The molecule has 2 heterocycles. The molecular weight excluding hydrogens is 332 g/mol. The van der Waals surface area contributed by atoms with Crippen LogP contribution in [0, 0.1) is 5.41 Å². The van der Waals surface area contributed by atoms with Crippen LogP contribution in [0.4, 0.5) is 5.95 Å². The summed E-state index contributed by atoms with van der Waals surface area (Å²) in [5, 5.41) is 7.67. The highest BCUT2D eigenvalue weighted by atomic mass is 16.5. The van der Waals surface area contributed by atoms with Gasteiger partial charge in [0.15, 0.2) is 5.78 Å². The zero-order valence-electron chi connectivity index (χ0n) is 15.4. The van der Waals surface area contributed by atoms with Gasteiger partial charge in [-0.15, -0.1) is 0 Å². The molecule has 136 valence electrons. The molecule has 7 nitrogen and oxygen atoms in total. The van der Waals surface area contributed by atoms with Crippen molar-refractivity contribution in [2.75, 3.05) is 19.5 Å². The van der Waals surface area contributed by atoms with Crippen molar-refractivity contribution in [1.82, 2.24) is 14.8 Å². The molecule has 1 aliphatic carbocycles. The molecule has 0 amide bonds. The molecule has 2 aliphatic rings. The van der Waals surface area contributed by atoms with Gasteiger partial charge in [0, 0.05) is 29.3 Å². The summed E-state index contributed by atoms with van der Waals surface area (Å²) in [5.74, 6) is 2.12. The van der Waals surface area contributed by atoms with Gasteiger partial charge in [0.05, 0.1) is 14.2 Å².